The summed E-state index contributed by atoms with van der Waals surface area (Å²) < 4.78 is 13.2. The molecule has 6 aromatic heterocycles. The van der Waals surface area contributed by atoms with Gasteiger partial charge in [0.05, 0.1) is 55.2 Å². The predicted molar refractivity (Wildman–Crippen MR) is 492 cm³/mol. The Hall–Kier alpha value is -15.9. The molecule has 0 unspecified atom stereocenters. The third-order valence-electron chi connectivity index (χ3n) is 24.7. The first kappa shape index (κ1) is 66.7. The summed E-state index contributed by atoms with van der Waals surface area (Å²) in [5.74, 6) is 0. The van der Waals surface area contributed by atoms with Gasteiger partial charge in [-0.1, -0.05) is 237 Å². The number of para-hydroxylation sites is 6. The van der Waals surface area contributed by atoms with Crippen LogP contribution in [0.5, 0.6) is 0 Å². The van der Waals surface area contributed by atoms with Gasteiger partial charge in [0.15, 0.2) is 0 Å². The third-order valence-corrected chi connectivity index (χ3v) is 24.7. The van der Waals surface area contributed by atoms with Crippen molar-refractivity contribution in [3.63, 3.8) is 0 Å². The van der Waals surface area contributed by atoms with Crippen molar-refractivity contribution in [2.75, 3.05) is 0 Å². The third kappa shape index (κ3) is 10.3. The number of hydrogen-bond acceptors (Lipinski definition) is 2. The van der Waals surface area contributed by atoms with E-state index in [0.717, 1.165) is 155 Å². The Morgan fingerprint density at radius 2 is 0.364 bits per heavy atom. The standard InChI is InChI=1S/C110H68N6O2/c117-109-91-30-9-7-24-85(91)93-64-73(47-60-104(93)115(109)82-55-40-70(41-56-82)69-38-51-80(52-39-69)112-98-33-15-11-26-87(98)88-27-12-16-34-99(88)112)71-42-53-81(54-43-71)113-101-36-18-13-28-89(101)95-65-74(46-59-102(95)113)72-44-57-83(58-45-72)116-105-61-48-75(66-94(105)86-25-8-10-31-92(86)110(116)118)76-49-62-106-97(67-76)108-84(32-19-37-107(108)114(106)79-22-5-2-6-23-79)77-50-63-103-96(68-77)90-29-14-17-35-100(90)111(103)78-20-3-1-4-21-78/h1-68H. The van der Waals surface area contributed by atoms with E-state index in [1.165, 1.54) is 54.6 Å². The van der Waals surface area contributed by atoms with Crippen molar-refractivity contribution in [1.82, 2.24) is 27.4 Å². The molecule has 8 nitrogen and oxygen atoms in total. The van der Waals surface area contributed by atoms with Gasteiger partial charge in [0.25, 0.3) is 11.1 Å². The Morgan fingerprint density at radius 3 is 0.754 bits per heavy atom. The maximum absolute atomic E-state index is 15.1. The van der Waals surface area contributed by atoms with Crippen LogP contribution in [-0.4, -0.2) is 27.4 Å². The normalized spacial score (nSPS) is 12.0. The van der Waals surface area contributed by atoms with Crippen LogP contribution in [0.1, 0.15) is 0 Å². The lowest BCUT2D eigenvalue weighted by atomic mass is 9.95. The number of pyridine rings is 2. The zero-order valence-electron chi connectivity index (χ0n) is 63.8. The highest BCUT2D eigenvalue weighted by Gasteiger charge is 2.24. The molecule has 0 atom stereocenters. The summed E-state index contributed by atoms with van der Waals surface area (Å²) in [6.07, 6.45) is 0. The van der Waals surface area contributed by atoms with Gasteiger partial charge in [-0.2, -0.15) is 0 Å². The Morgan fingerprint density at radius 1 is 0.136 bits per heavy atom. The summed E-state index contributed by atoms with van der Waals surface area (Å²) in [5.41, 5.74) is 27.6. The molecule has 0 bridgehead atoms. The average molecular weight is 1510 g/mol. The Balaban J connectivity index is 0.541. The summed E-state index contributed by atoms with van der Waals surface area (Å²) in [7, 11) is 0. The molecular weight excluding hydrogens is 1440 g/mol. The largest absolute Gasteiger partial charge is 0.309 e. The maximum Gasteiger partial charge on any atom is 0.263 e. The first-order valence-electron chi connectivity index (χ1n) is 40.2. The minimum absolute atomic E-state index is 0.0553. The summed E-state index contributed by atoms with van der Waals surface area (Å²) in [4.78, 5) is 29.8. The van der Waals surface area contributed by atoms with Gasteiger partial charge in [-0.25, -0.2) is 0 Å². The van der Waals surface area contributed by atoms with Crippen molar-refractivity contribution in [2.24, 2.45) is 0 Å². The second-order valence-electron chi connectivity index (χ2n) is 31.0. The lowest BCUT2D eigenvalue weighted by Crippen LogP contribution is -2.19. The zero-order valence-corrected chi connectivity index (χ0v) is 63.8. The molecule has 0 amide bonds. The summed E-state index contributed by atoms with van der Waals surface area (Å²) in [5, 5.41) is 14.7. The van der Waals surface area contributed by atoms with Gasteiger partial charge in [0, 0.05) is 98.8 Å². The molecule has 6 heterocycles. The first-order valence-corrected chi connectivity index (χ1v) is 40.2. The number of hydrogen-bond donors (Lipinski definition) is 0. The fourth-order valence-corrected chi connectivity index (χ4v) is 19.2. The zero-order chi connectivity index (χ0) is 77.8. The smallest absolute Gasteiger partial charge is 0.263 e. The lowest BCUT2D eigenvalue weighted by molar-refractivity contribution is 1.06. The summed E-state index contributed by atoms with van der Waals surface area (Å²) in [6.45, 7) is 0. The maximum atomic E-state index is 15.1. The van der Waals surface area contributed by atoms with Crippen LogP contribution in [0.2, 0.25) is 0 Å². The molecule has 0 N–H and O–H groups in total. The molecule has 8 heteroatoms. The van der Waals surface area contributed by atoms with Crippen molar-refractivity contribution < 1.29 is 0 Å². The van der Waals surface area contributed by atoms with E-state index in [4.69, 9.17) is 0 Å². The molecule has 118 heavy (non-hydrogen) atoms. The minimum atomic E-state index is -0.0667. The van der Waals surface area contributed by atoms with E-state index in [1.807, 2.05) is 45.5 Å². The predicted octanol–water partition coefficient (Wildman–Crippen LogP) is 27.3. The molecule has 0 saturated carbocycles. The molecule has 0 radical (unpaired) electrons. The number of nitrogens with zero attached hydrogens (tertiary/aromatic N) is 6. The first-order chi connectivity index (χ1) is 58.4. The van der Waals surface area contributed by atoms with E-state index < -0.39 is 0 Å². The van der Waals surface area contributed by atoms with Crippen molar-refractivity contribution in [3.8, 4) is 89.8 Å². The van der Waals surface area contributed by atoms with E-state index in [9.17, 15) is 4.79 Å². The second kappa shape index (κ2) is 26.3. The van der Waals surface area contributed by atoms with Crippen LogP contribution >= 0.6 is 0 Å². The highest BCUT2D eigenvalue weighted by atomic mass is 16.1. The van der Waals surface area contributed by atoms with Crippen molar-refractivity contribution >= 4 is 131 Å². The molecule has 18 aromatic carbocycles. The monoisotopic (exact) mass is 1500 g/mol. The van der Waals surface area contributed by atoms with E-state index in [-0.39, 0.29) is 11.1 Å². The van der Waals surface area contributed by atoms with Gasteiger partial charge in [-0.05, 0) is 242 Å². The van der Waals surface area contributed by atoms with Gasteiger partial charge in [-0.15, -0.1) is 0 Å². The van der Waals surface area contributed by atoms with Gasteiger partial charge in [0.1, 0.15) is 0 Å². The van der Waals surface area contributed by atoms with Crippen LogP contribution in [0.15, 0.2) is 422 Å². The van der Waals surface area contributed by atoms with E-state index in [0.29, 0.717) is 10.8 Å². The molecule has 24 aromatic rings. The summed E-state index contributed by atoms with van der Waals surface area (Å²) >= 11 is 0. The summed E-state index contributed by atoms with van der Waals surface area (Å²) in [6, 6.07) is 147. The minimum Gasteiger partial charge on any atom is -0.309 e. The molecule has 0 saturated heterocycles. The van der Waals surface area contributed by atoms with Crippen molar-refractivity contribution in [3.05, 3.63) is 433 Å². The Kier molecular flexibility index (Phi) is 14.9. The van der Waals surface area contributed by atoms with Crippen LogP contribution in [0.4, 0.5) is 0 Å². The van der Waals surface area contributed by atoms with Crippen LogP contribution in [-0.2, 0) is 0 Å². The Labute approximate surface area is 676 Å². The number of aromatic nitrogens is 6. The fourth-order valence-electron chi connectivity index (χ4n) is 19.2. The number of benzene rings is 18. The SMILES string of the molecule is O=c1c2ccccc2c2cc(-c3ccc(-n4c5ccccc5c5cc(-c6ccc(-n7c(=O)c8ccccc8c8cc(-c9ccc%10c(c9)c9c(-c%11ccc%12c(c%11)c%11ccccc%11n%12-c%11ccccc%11)cccc9n%10-c9ccccc9)ccc87)cc6)ccc54)cc3)ccc2n1-c1ccc(-c2ccc(-n3c4ccccc4c4ccccc43)cc2)cc1. The van der Waals surface area contributed by atoms with Gasteiger partial charge in [-0.3, -0.25) is 18.7 Å². The van der Waals surface area contributed by atoms with E-state index >= 15 is 4.79 Å². The molecule has 0 fully saturated rings. The Bertz CT molecular complexity index is 8380. The molecule has 0 aliphatic heterocycles. The number of fused-ring (bicyclic) bond motifs is 18. The molecule has 24 rings (SSSR count). The molecule has 0 aliphatic carbocycles. The van der Waals surface area contributed by atoms with Crippen molar-refractivity contribution in [1.29, 1.82) is 0 Å². The highest BCUT2D eigenvalue weighted by molar-refractivity contribution is 6.19. The lowest BCUT2D eigenvalue weighted by Gasteiger charge is -2.16. The van der Waals surface area contributed by atoms with E-state index in [2.05, 4.69) is 394 Å². The molecule has 550 valence electrons. The van der Waals surface area contributed by atoms with Gasteiger partial charge >= 0.3 is 0 Å². The van der Waals surface area contributed by atoms with Crippen LogP contribution in [0.25, 0.3) is 220 Å². The molecule has 0 spiro atoms. The number of rotatable bonds is 11. The molecular formula is C110H68N6O2. The fraction of sp³-hybridized carbons (Fsp3) is 0. The second-order valence-corrected chi connectivity index (χ2v) is 31.0. The van der Waals surface area contributed by atoms with E-state index in [1.54, 1.807) is 0 Å². The van der Waals surface area contributed by atoms with Crippen LogP contribution in [0, 0.1) is 0 Å². The quantitative estimate of drug-likeness (QED) is 0.121. The van der Waals surface area contributed by atoms with Crippen molar-refractivity contribution in [2.45, 2.75) is 0 Å². The average Bonchev–Trinajstić information content (AvgIpc) is 1.51. The highest BCUT2D eigenvalue weighted by Crippen LogP contribution is 2.45. The van der Waals surface area contributed by atoms with Gasteiger partial charge in [0.2, 0.25) is 0 Å². The van der Waals surface area contributed by atoms with Crippen LogP contribution < -0.4 is 11.1 Å². The van der Waals surface area contributed by atoms with Gasteiger partial charge < -0.3 is 18.3 Å². The van der Waals surface area contributed by atoms with Crippen LogP contribution in [0.3, 0.4) is 0 Å². The topological polar surface area (TPSA) is 63.7 Å². The molecule has 0 aliphatic rings.